The van der Waals surface area contributed by atoms with E-state index in [1.165, 1.54) is 4.90 Å². The van der Waals surface area contributed by atoms with Crippen LogP contribution in [0, 0.1) is 5.92 Å². The van der Waals surface area contributed by atoms with Gasteiger partial charge in [-0.15, -0.1) is 0 Å². The van der Waals surface area contributed by atoms with E-state index in [-0.39, 0.29) is 37.0 Å². The number of nitrogens with one attached hydrogen (secondary N) is 5. The third kappa shape index (κ3) is 14.8. The number of ether oxygens (including phenoxy) is 1. The van der Waals surface area contributed by atoms with Gasteiger partial charge in [0.25, 0.3) is 0 Å². The maximum absolute atomic E-state index is 12.8. The molecule has 1 saturated heterocycles. The minimum Gasteiger partial charge on any atom is -0.347 e. The highest BCUT2D eigenvalue weighted by molar-refractivity contribution is 6.03. The maximum atomic E-state index is 12.8. The molecule has 1 fully saturated rings. The normalized spacial score (nSPS) is 15.6. The Labute approximate surface area is 280 Å². The Morgan fingerprint density at radius 3 is 2.08 bits per heavy atom. The molecule has 270 valence electrons. The zero-order valence-corrected chi connectivity index (χ0v) is 27.2. The minimum atomic E-state index is -4.97. The molecule has 0 aliphatic carbocycles. The molecule has 0 spiro atoms. The van der Waals surface area contributed by atoms with Crippen molar-refractivity contribution in [3.63, 3.8) is 0 Å². The summed E-state index contributed by atoms with van der Waals surface area (Å²) >= 11 is 0. The van der Waals surface area contributed by atoms with Gasteiger partial charge in [0.15, 0.2) is 5.78 Å². The summed E-state index contributed by atoms with van der Waals surface area (Å²) in [6.45, 7) is 0.0822. The van der Waals surface area contributed by atoms with Crippen molar-refractivity contribution in [3.05, 3.63) is 35.9 Å². The van der Waals surface area contributed by atoms with E-state index >= 15 is 0 Å². The second-order valence-electron chi connectivity index (χ2n) is 11.3. The van der Waals surface area contributed by atoms with E-state index < -0.39 is 80.0 Å². The van der Waals surface area contributed by atoms with Crippen molar-refractivity contribution >= 4 is 47.1 Å². The average Bonchev–Trinajstić information content (AvgIpc) is 3.28. The number of amides is 7. The van der Waals surface area contributed by atoms with Crippen LogP contribution in [0.1, 0.15) is 51.5 Å². The Morgan fingerprint density at radius 2 is 1.47 bits per heavy atom. The van der Waals surface area contributed by atoms with Gasteiger partial charge in [0.1, 0.15) is 12.8 Å². The molecule has 0 radical (unpaired) electrons. The van der Waals surface area contributed by atoms with E-state index in [1.807, 2.05) is 5.32 Å². The lowest BCUT2D eigenvalue weighted by Gasteiger charge is -2.20. The zero-order valence-electron chi connectivity index (χ0n) is 27.2. The van der Waals surface area contributed by atoms with Crippen LogP contribution in [0.4, 0.5) is 13.2 Å². The van der Waals surface area contributed by atoms with Crippen molar-refractivity contribution in [2.75, 3.05) is 32.9 Å². The number of unbranched alkanes of at least 4 members (excludes halogenated alkanes) is 2. The number of carbonyl (C=O) groups excluding carboxylic acids is 8. The molecule has 15 nitrogen and oxygen atoms in total. The van der Waals surface area contributed by atoms with Gasteiger partial charge in [0, 0.05) is 31.7 Å². The zero-order chi connectivity index (χ0) is 36.6. The summed E-state index contributed by atoms with van der Waals surface area (Å²) in [5.41, 5.74) is 0.641. The maximum Gasteiger partial charge on any atom is 0.421 e. The van der Waals surface area contributed by atoms with Crippen LogP contribution in [0.25, 0.3) is 0 Å². The fourth-order valence-corrected chi connectivity index (χ4v) is 4.63. The fourth-order valence-electron chi connectivity index (χ4n) is 4.63. The first-order chi connectivity index (χ1) is 23.1. The molecule has 0 aromatic heterocycles. The number of carbonyl (C=O) groups is 8. The Morgan fingerprint density at radius 1 is 0.857 bits per heavy atom. The fraction of sp³-hybridized carbons (Fsp3) is 0.548. The number of nitrogens with zero attached hydrogens (tertiary/aromatic N) is 1. The first-order valence-electron chi connectivity index (χ1n) is 15.5. The number of likely N-dealkylation sites (tertiary alicyclic amines) is 1. The van der Waals surface area contributed by atoms with E-state index in [1.54, 1.807) is 37.3 Å². The van der Waals surface area contributed by atoms with E-state index in [0.29, 0.717) is 38.3 Å². The van der Waals surface area contributed by atoms with Gasteiger partial charge in [-0.25, -0.2) is 0 Å². The highest BCUT2D eigenvalue weighted by Crippen LogP contribution is 2.23. The van der Waals surface area contributed by atoms with Crippen molar-refractivity contribution in [1.82, 2.24) is 31.5 Å². The van der Waals surface area contributed by atoms with Crippen LogP contribution in [0.5, 0.6) is 0 Å². The molecule has 3 atom stereocenters. The molecular formula is C31H41F3N6O9. The Balaban J connectivity index is 1.73. The monoisotopic (exact) mass is 698 g/mol. The molecule has 1 aromatic carbocycles. The molecule has 1 aliphatic rings. The summed E-state index contributed by atoms with van der Waals surface area (Å²) in [7, 11) is 0. The summed E-state index contributed by atoms with van der Waals surface area (Å²) in [4.78, 5) is 97.8. The number of halogens is 3. The molecule has 18 heteroatoms. The lowest BCUT2D eigenvalue weighted by Crippen LogP contribution is -2.52. The molecule has 49 heavy (non-hydrogen) atoms. The number of hydrogen-bond donors (Lipinski definition) is 5. The summed E-state index contributed by atoms with van der Waals surface area (Å²) in [6.07, 6.45) is -5.78. The standard InChI is InChI=1S/C31H41F3N6O9/c1-19-13-27(46)40(30(19)48)12-8-4-7-11-23(42)35-15-24(43)36-17-26(45)39-22(14-21-9-5-3-6-10-21)29(47)37-16-25(44)38-18-49-28(20(2)41)31(32,33)34/h3,5-6,9-10,19,22,28H,4,7-8,11-18H2,1-2H3,(H,35,42)(H,36,43)(H,37,47)(H,38,44)(H,39,45)/t19?,22-,28?/m0/s1. The van der Waals surface area contributed by atoms with Gasteiger partial charge in [-0.05, 0) is 25.3 Å². The highest BCUT2D eigenvalue weighted by Gasteiger charge is 2.44. The van der Waals surface area contributed by atoms with Crippen molar-refractivity contribution in [2.45, 2.75) is 70.7 Å². The van der Waals surface area contributed by atoms with Gasteiger partial charge in [-0.2, -0.15) is 13.2 Å². The molecule has 1 heterocycles. The van der Waals surface area contributed by atoms with Crippen LogP contribution in [-0.2, 0) is 49.5 Å². The topological polar surface area (TPSA) is 209 Å². The highest BCUT2D eigenvalue weighted by atomic mass is 19.4. The molecule has 5 N–H and O–H groups in total. The molecule has 7 amide bonds. The lowest BCUT2D eigenvalue weighted by atomic mass is 10.1. The lowest BCUT2D eigenvalue weighted by molar-refractivity contribution is -0.218. The molecule has 2 rings (SSSR count). The average molecular weight is 699 g/mol. The number of imide groups is 1. The molecule has 1 aliphatic heterocycles. The summed E-state index contributed by atoms with van der Waals surface area (Å²) in [5, 5.41) is 11.4. The van der Waals surface area contributed by atoms with Gasteiger partial charge >= 0.3 is 6.18 Å². The first kappa shape index (κ1) is 40.3. The summed E-state index contributed by atoms with van der Waals surface area (Å²) in [6, 6.07) is 7.28. The summed E-state index contributed by atoms with van der Waals surface area (Å²) in [5.74, 6) is -5.59. The first-order valence-corrected chi connectivity index (χ1v) is 15.5. The number of alkyl halides is 3. The van der Waals surface area contributed by atoms with Gasteiger partial charge in [0.05, 0.1) is 19.6 Å². The number of Topliss-reactive ketones (excluding diaryl/α,β-unsaturated/α-hetero) is 1. The van der Waals surface area contributed by atoms with E-state index in [0.717, 1.165) is 0 Å². The largest absolute Gasteiger partial charge is 0.421 e. The molecule has 2 unspecified atom stereocenters. The number of hydrogen-bond acceptors (Lipinski definition) is 9. The number of ketones is 1. The van der Waals surface area contributed by atoms with Crippen LogP contribution >= 0.6 is 0 Å². The minimum absolute atomic E-state index is 0.0111. The van der Waals surface area contributed by atoms with Gasteiger partial charge in [-0.3, -0.25) is 43.3 Å². The van der Waals surface area contributed by atoms with Crippen LogP contribution in [0.2, 0.25) is 0 Å². The van der Waals surface area contributed by atoms with Crippen molar-refractivity contribution < 1.29 is 56.3 Å². The third-order valence-corrected chi connectivity index (χ3v) is 7.19. The molecular weight excluding hydrogens is 657 g/mol. The van der Waals surface area contributed by atoms with Crippen molar-refractivity contribution in [1.29, 1.82) is 0 Å². The van der Waals surface area contributed by atoms with Gasteiger partial charge in [-0.1, -0.05) is 43.7 Å². The van der Waals surface area contributed by atoms with Gasteiger partial charge < -0.3 is 31.3 Å². The number of benzene rings is 1. The van der Waals surface area contributed by atoms with Crippen molar-refractivity contribution in [3.8, 4) is 0 Å². The second-order valence-corrected chi connectivity index (χ2v) is 11.3. The van der Waals surface area contributed by atoms with Crippen molar-refractivity contribution in [2.24, 2.45) is 5.92 Å². The van der Waals surface area contributed by atoms with E-state index in [2.05, 4.69) is 26.0 Å². The smallest absolute Gasteiger partial charge is 0.347 e. The second kappa shape index (κ2) is 19.8. The van der Waals surface area contributed by atoms with Gasteiger partial charge in [0.2, 0.25) is 47.5 Å². The number of rotatable bonds is 20. The molecule has 0 saturated carbocycles. The van der Waals surface area contributed by atoms with E-state index in [9.17, 15) is 51.5 Å². The SMILES string of the molecule is CC(=O)C(OCNC(=O)CNC(=O)[C@H](Cc1ccccc1)NC(=O)CNC(=O)CNC(=O)CCCCCN1C(=O)CC(C)C1=O)C(F)(F)F. The Hall–Kier alpha value is -4.87. The van der Waals surface area contributed by atoms with Crippen LogP contribution < -0.4 is 26.6 Å². The van der Waals surface area contributed by atoms with Crippen LogP contribution in [0.3, 0.4) is 0 Å². The van der Waals surface area contributed by atoms with Crippen LogP contribution in [-0.4, -0.2) is 103 Å². The predicted molar refractivity (Wildman–Crippen MR) is 165 cm³/mol. The molecule has 1 aromatic rings. The predicted octanol–water partition coefficient (Wildman–Crippen LogP) is -0.372. The Bertz CT molecular complexity index is 1360. The molecule has 0 bridgehead atoms. The quantitative estimate of drug-likeness (QED) is 0.0683. The third-order valence-electron chi connectivity index (χ3n) is 7.19. The Kier molecular flexibility index (Phi) is 16.3. The van der Waals surface area contributed by atoms with Crippen LogP contribution in [0.15, 0.2) is 30.3 Å². The van der Waals surface area contributed by atoms with E-state index in [4.69, 9.17) is 0 Å². The summed E-state index contributed by atoms with van der Waals surface area (Å²) < 4.78 is 42.8.